The number of allylic oxidation sites excluding steroid dienone is 5. The minimum atomic E-state index is -3.94. The SMILES string of the molecule is C=C/C=C\C(=C/C=C)S(=O)(=O)NC(=O)OC. The molecule has 0 unspecified atom stereocenters. The van der Waals surface area contributed by atoms with E-state index in [1.807, 2.05) is 0 Å². The second-order valence-electron chi connectivity index (χ2n) is 2.50. The van der Waals surface area contributed by atoms with Crippen molar-refractivity contribution in [2.45, 2.75) is 0 Å². The van der Waals surface area contributed by atoms with E-state index in [-0.39, 0.29) is 4.91 Å². The second-order valence-corrected chi connectivity index (χ2v) is 4.18. The molecule has 88 valence electrons. The summed E-state index contributed by atoms with van der Waals surface area (Å²) in [6.45, 7) is 6.78. The number of methoxy groups -OCH3 is 1. The summed E-state index contributed by atoms with van der Waals surface area (Å²) in [5.74, 6) is 0. The van der Waals surface area contributed by atoms with Crippen LogP contribution >= 0.6 is 0 Å². The Hall–Kier alpha value is -1.82. The third-order valence-corrected chi connectivity index (χ3v) is 2.72. The molecular weight excluding hydrogens is 230 g/mol. The molecule has 0 saturated heterocycles. The Morgan fingerprint density at radius 2 is 1.94 bits per heavy atom. The fourth-order valence-corrected chi connectivity index (χ4v) is 1.68. The largest absolute Gasteiger partial charge is 0.452 e. The fourth-order valence-electron chi connectivity index (χ4n) is 0.724. The van der Waals surface area contributed by atoms with E-state index in [4.69, 9.17) is 0 Å². The van der Waals surface area contributed by atoms with Gasteiger partial charge < -0.3 is 4.74 Å². The summed E-state index contributed by atoms with van der Waals surface area (Å²) < 4.78 is 29.1. The molecule has 0 aromatic rings. The lowest BCUT2D eigenvalue weighted by molar-refractivity contribution is 0.178. The number of amides is 1. The maximum Gasteiger partial charge on any atom is 0.420 e. The molecule has 0 aromatic heterocycles. The summed E-state index contributed by atoms with van der Waals surface area (Å²) in [6.07, 6.45) is 5.59. The van der Waals surface area contributed by atoms with Crippen LogP contribution in [0.4, 0.5) is 4.79 Å². The lowest BCUT2D eigenvalue weighted by Crippen LogP contribution is -2.30. The van der Waals surface area contributed by atoms with Gasteiger partial charge in [0.1, 0.15) is 0 Å². The van der Waals surface area contributed by atoms with E-state index in [9.17, 15) is 13.2 Å². The first kappa shape index (κ1) is 14.2. The molecule has 0 aliphatic carbocycles. The first-order valence-electron chi connectivity index (χ1n) is 4.20. The Labute approximate surface area is 94.9 Å². The molecule has 0 rings (SSSR count). The summed E-state index contributed by atoms with van der Waals surface area (Å²) in [5.41, 5.74) is 0. The number of sulfonamides is 1. The highest BCUT2D eigenvalue weighted by molar-refractivity contribution is 7.94. The third kappa shape index (κ3) is 4.61. The van der Waals surface area contributed by atoms with Crippen LogP contribution in [0.15, 0.2) is 48.4 Å². The highest BCUT2D eigenvalue weighted by Crippen LogP contribution is 2.07. The van der Waals surface area contributed by atoms with Crippen molar-refractivity contribution in [3.63, 3.8) is 0 Å². The van der Waals surface area contributed by atoms with Gasteiger partial charge in [0.15, 0.2) is 0 Å². The van der Waals surface area contributed by atoms with E-state index < -0.39 is 16.1 Å². The van der Waals surface area contributed by atoms with E-state index in [0.29, 0.717) is 0 Å². The summed E-state index contributed by atoms with van der Waals surface area (Å²) >= 11 is 0. The molecule has 0 aliphatic rings. The molecular formula is C10H13NO4S. The smallest absolute Gasteiger partial charge is 0.420 e. The van der Waals surface area contributed by atoms with Gasteiger partial charge in [-0.2, -0.15) is 0 Å². The Balaban J connectivity index is 5.13. The predicted octanol–water partition coefficient (Wildman–Crippen LogP) is 1.48. The van der Waals surface area contributed by atoms with Gasteiger partial charge in [-0.15, -0.1) is 0 Å². The normalized spacial score (nSPS) is 12.2. The van der Waals surface area contributed by atoms with E-state index in [1.54, 1.807) is 4.72 Å². The van der Waals surface area contributed by atoms with Crippen LogP contribution in [0, 0.1) is 0 Å². The molecule has 1 amide bonds. The van der Waals surface area contributed by atoms with Gasteiger partial charge in [0, 0.05) is 0 Å². The van der Waals surface area contributed by atoms with Crippen molar-refractivity contribution >= 4 is 16.1 Å². The topological polar surface area (TPSA) is 72.5 Å². The fraction of sp³-hybridized carbons (Fsp3) is 0.100. The average molecular weight is 243 g/mol. The van der Waals surface area contributed by atoms with Crippen molar-refractivity contribution in [2.75, 3.05) is 7.11 Å². The number of carbonyl (C=O) groups excluding carboxylic acids is 1. The Morgan fingerprint density at radius 1 is 1.31 bits per heavy atom. The summed E-state index contributed by atoms with van der Waals surface area (Å²) in [4.78, 5) is 10.7. The van der Waals surface area contributed by atoms with Crippen LogP contribution in [-0.2, 0) is 14.8 Å². The van der Waals surface area contributed by atoms with E-state index >= 15 is 0 Å². The molecule has 0 spiro atoms. The van der Waals surface area contributed by atoms with Crippen molar-refractivity contribution in [3.8, 4) is 0 Å². The van der Waals surface area contributed by atoms with Gasteiger partial charge in [-0.3, -0.25) is 0 Å². The number of hydrogen-bond acceptors (Lipinski definition) is 4. The molecule has 0 bridgehead atoms. The molecule has 5 nitrogen and oxygen atoms in total. The number of nitrogens with one attached hydrogen (secondary N) is 1. The zero-order chi connectivity index (χ0) is 12.6. The molecule has 0 aliphatic heterocycles. The number of rotatable bonds is 5. The maximum absolute atomic E-state index is 11.6. The number of ether oxygens (including phenoxy) is 1. The minimum absolute atomic E-state index is 0.118. The van der Waals surface area contributed by atoms with Gasteiger partial charge in [0.25, 0.3) is 10.0 Å². The van der Waals surface area contributed by atoms with Crippen LogP contribution in [0.5, 0.6) is 0 Å². The quantitative estimate of drug-likeness (QED) is 0.742. The van der Waals surface area contributed by atoms with Crippen molar-refractivity contribution in [2.24, 2.45) is 0 Å². The van der Waals surface area contributed by atoms with Crippen LogP contribution in [0.25, 0.3) is 0 Å². The standard InChI is InChI=1S/C10H13NO4S/c1-4-6-8-9(7-5-2)16(13,14)11-10(12)15-3/h4-8H,1-2H2,3H3,(H,11,12)/b8-6-,9-7+. The van der Waals surface area contributed by atoms with Crippen molar-refractivity contribution in [1.82, 2.24) is 4.72 Å². The molecule has 16 heavy (non-hydrogen) atoms. The van der Waals surface area contributed by atoms with Crippen LogP contribution in [0.3, 0.4) is 0 Å². The van der Waals surface area contributed by atoms with Gasteiger partial charge in [-0.25, -0.2) is 17.9 Å². The van der Waals surface area contributed by atoms with Crippen molar-refractivity contribution in [1.29, 1.82) is 0 Å². The summed E-state index contributed by atoms with van der Waals surface area (Å²) in [5, 5.41) is 0. The predicted molar refractivity (Wildman–Crippen MR) is 62.1 cm³/mol. The zero-order valence-corrected chi connectivity index (χ0v) is 9.66. The minimum Gasteiger partial charge on any atom is -0.452 e. The highest BCUT2D eigenvalue weighted by atomic mass is 32.2. The van der Waals surface area contributed by atoms with Crippen molar-refractivity contribution in [3.05, 3.63) is 48.4 Å². The molecule has 0 aromatic carbocycles. The Morgan fingerprint density at radius 3 is 2.38 bits per heavy atom. The van der Waals surface area contributed by atoms with Gasteiger partial charge in [0.2, 0.25) is 0 Å². The van der Waals surface area contributed by atoms with E-state index in [1.165, 1.54) is 30.4 Å². The monoisotopic (exact) mass is 243 g/mol. The van der Waals surface area contributed by atoms with E-state index in [2.05, 4.69) is 17.9 Å². The molecule has 0 saturated carbocycles. The lowest BCUT2D eigenvalue weighted by atomic mass is 10.4. The summed E-state index contributed by atoms with van der Waals surface area (Å²) in [7, 11) is -2.87. The number of carbonyl (C=O) groups is 1. The number of hydrogen-bond donors (Lipinski definition) is 1. The lowest BCUT2D eigenvalue weighted by Gasteiger charge is -2.05. The molecule has 0 fully saturated rings. The molecule has 1 N–H and O–H groups in total. The first-order chi connectivity index (χ1) is 7.47. The highest BCUT2D eigenvalue weighted by Gasteiger charge is 2.17. The van der Waals surface area contributed by atoms with Crippen molar-refractivity contribution < 1.29 is 17.9 Å². The average Bonchev–Trinajstić information content (AvgIpc) is 2.23. The summed E-state index contributed by atoms with van der Waals surface area (Å²) in [6, 6.07) is 0. The van der Waals surface area contributed by atoms with Crippen LogP contribution < -0.4 is 4.72 Å². The third-order valence-electron chi connectivity index (χ3n) is 1.39. The molecule has 0 radical (unpaired) electrons. The molecule has 0 atom stereocenters. The van der Waals surface area contributed by atoms with Crippen LogP contribution in [-0.4, -0.2) is 21.6 Å². The first-order valence-corrected chi connectivity index (χ1v) is 5.69. The van der Waals surface area contributed by atoms with E-state index in [0.717, 1.165) is 7.11 Å². The maximum atomic E-state index is 11.6. The molecule has 0 heterocycles. The van der Waals surface area contributed by atoms with Gasteiger partial charge in [-0.05, 0) is 12.2 Å². The van der Waals surface area contributed by atoms with Crippen LogP contribution in [0.2, 0.25) is 0 Å². The van der Waals surface area contributed by atoms with Crippen LogP contribution in [0.1, 0.15) is 0 Å². The van der Waals surface area contributed by atoms with Gasteiger partial charge in [0.05, 0.1) is 12.0 Å². The Kier molecular flexibility index (Phi) is 5.87. The Bertz CT molecular complexity index is 432. The molecule has 6 heteroatoms. The second kappa shape index (κ2) is 6.62. The zero-order valence-electron chi connectivity index (χ0n) is 8.84. The van der Waals surface area contributed by atoms with Gasteiger partial charge in [-0.1, -0.05) is 31.4 Å². The van der Waals surface area contributed by atoms with Gasteiger partial charge >= 0.3 is 6.09 Å².